The molecule has 1 amide bonds. The van der Waals surface area contributed by atoms with Gasteiger partial charge in [0.1, 0.15) is 0 Å². The zero-order chi connectivity index (χ0) is 14.6. The van der Waals surface area contributed by atoms with Crippen molar-refractivity contribution in [3.8, 4) is 0 Å². The molecule has 0 aliphatic rings. The van der Waals surface area contributed by atoms with E-state index in [4.69, 9.17) is 28.9 Å². The summed E-state index contributed by atoms with van der Waals surface area (Å²) in [6.45, 7) is 6.30. The van der Waals surface area contributed by atoms with E-state index in [2.05, 4.69) is 26.1 Å². The highest BCUT2D eigenvalue weighted by Crippen LogP contribution is 2.25. The molecule has 19 heavy (non-hydrogen) atoms. The molecule has 1 unspecified atom stereocenters. The Morgan fingerprint density at radius 3 is 2.47 bits per heavy atom. The summed E-state index contributed by atoms with van der Waals surface area (Å²) in [4.78, 5) is 11.8. The lowest BCUT2D eigenvalue weighted by Gasteiger charge is -2.22. The molecule has 1 atom stereocenters. The van der Waals surface area contributed by atoms with Gasteiger partial charge in [0, 0.05) is 18.2 Å². The van der Waals surface area contributed by atoms with Gasteiger partial charge in [-0.3, -0.25) is 4.79 Å². The number of halogens is 2. The predicted octanol–water partition coefficient (Wildman–Crippen LogP) is 4.09. The van der Waals surface area contributed by atoms with Crippen LogP contribution >= 0.6 is 23.2 Å². The molecule has 5 heteroatoms. The van der Waals surface area contributed by atoms with Crippen LogP contribution in [0.5, 0.6) is 0 Å². The van der Waals surface area contributed by atoms with Crippen molar-refractivity contribution in [2.45, 2.75) is 39.7 Å². The van der Waals surface area contributed by atoms with Crippen LogP contribution in [0.2, 0.25) is 10.0 Å². The number of nitrogens with one attached hydrogen (secondary N) is 1. The average Bonchev–Trinajstić information content (AvgIpc) is 2.20. The zero-order valence-corrected chi connectivity index (χ0v) is 13.0. The third kappa shape index (κ3) is 6.28. The maximum absolute atomic E-state index is 11.8. The number of nitrogens with two attached hydrogens (primary N) is 1. The Hall–Kier alpha value is -0.770. The highest BCUT2D eigenvalue weighted by molar-refractivity contribution is 6.42. The van der Waals surface area contributed by atoms with Crippen molar-refractivity contribution in [2.24, 2.45) is 11.1 Å². The Morgan fingerprint density at radius 1 is 1.32 bits per heavy atom. The molecule has 3 N–H and O–H groups in total. The lowest BCUT2D eigenvalue weighted by Crippen LogP contribution is -2.31. The molecule has 0 fully saturated rings. The third-order valence-corrected chi connectivity index (χ3v) is 3.26. The minimum absolute atomic E-state index is 0.114. The van der Waals surface area contributed by atoms with E-state index in [1.54, 1.807) is 18.2 Å². The molecule has 106 valence electrons. The van der Waals surface area contributed by atoms with Gasteiger partial charge in [-0.15, -0.1) is 0 Å². The van der Waals surface area contributed by atoms with E-state index < -0.39 is 0 Å². The summed E-state index contributed by atoms with van der Waals surface area (Å²) in [6.07, 6.45) is 1.08. The van der Waals surface area contributed by atoms with Crippen molar-refractivity contribution < 1.29 is 4.79 Å². The van der Waals surface area contributed by atoms with Gasteiger partial charge in [-0.25, -0.2) is 0 Å². The smallest absolute Gasteiger partial charge is 0.225 e. The summed E-state index contributed by atoms with van der Waals surface area (Å²) in [6, 6.07) is 4.83. The lowest BCUT2D eigenvalue weighted by atomic mass is 9.87. The topological polar surface area (TPSA) is 55.1 Å². The van der Waals surface area contributed by atoms with Gasteiger partial charge in [0.25, 0.3) is 0 Å². The molecule has 0 bridgehead atoms. The van der Waals surface area contributed by atoms with Crippen molar-refractivity contribution in [2.75, 3.05) is 5.32 Å². The van der Waals surface area contributed by atoms with E-state index in [0.29, 0.717) is 15.7 Å². The first-order chi connectivity index (χ1) is 8.67. The Bertz CT molecular complexity index is 455. The molecule has 1 aromatic carbocycles. The number of rotatable bonds is 4. The van der Waals surface area contributed by atoms with Crippen LogP contribution in [-0.2, 0) is 4.79 Å². The fourth-order valence-corrected chi connectivity index (χ4v) is 2.18. The molecule has 1 rings (SSSR count). The first-order valence-corrected chi connectivity index (χ1v) is 6.93. The normalized spacial score (nSPS) is 13.2. The van der Waals surface area contributed by atoms with Crippen LogP contribution in [0.3, 0.4) is 0 Å². The quantitative estimate of drug-likeness (QED) is 0.880. The first-order valence-electron chi connectivity index (χ1n) is 6.18. The third-order valence-electron chi connectivity index (χ3n) is 2.53. The molecule has 0 saturated carbocycles. The summed E-state index contributed by atoms with van der Waals surface area (Å²) >= 11 is 11.7. The predicted molar refractivity (Wildman–Crippen MR) is 81.8 cm³/mol. The summed E-state index contributed by atoms with van der Waals surface area (Å²) < 4.78 is 0. The van der Waals surface area contributed by atoms with Gasteiger partial charge in [0.2, 0.25) is 5.91 Å². The zero-order valence-electron chi connectivity index (χ0n) is 11.5. The van der Waals surface area contributed by atoms with Crippen LogP contribution in [0.25, 0.3) is 0 Å². The number of hydrogen-bond acceptors (Lipinski definition) is 2. The highest BCUT2D eigenvalue weighted by atomic mass is 35.5. The summed E-state index contributed by atoms with van der Waals surface area (Å²) in [5, 5.41) is 3.64. The van der Waals surface area contributed by atoms with Crippen molar-refractivity contribution in [1.29, 1.82) is 0 Å². The van der Waals surface area contributed by atoms with Crippen molar-refractivity contribution in [3.05, 3.63) is 28.2 Å². The van der Waals surface area contributed by atoms with E-state index in [-0.39, 0.29) is 23.8 Å². The van der Waals surface area contributed by atoms with Crippen LogP contribution in [0, 0.1) is 5.41 Å². The van der Waals surface area contributed by atoms with Gasteiger partial charge in [-0.2, -0.15) is 0 Å². The van der Waals surface area contributed by atoms with Gasteiger partial charge in [-0.05, 0) is 30.0 Å². The number of benzene rings is 1. The van der Waals surface area contributed by atoms with E-state index in [1.165, 1.54) is 0 Å². The van der Waals surface area contributed by atoms with Gasteiger partial charge >= 0.3 is 0 Å². The van der Waals surface area contributed by atoms with Crippen molar-refractivity contribution in [3.63, 3.8) is 0 Å². The molecule has 0 spiro atoms. The summed E-state index contributed by atoms with van der Waals surface area (Å²) in [5.74, 6) is -0.116. The molecule has 0 saturated heterocycles. The monoisotopic (exact) mass is 302 g/mol. The van der Waals surface area contributed by atoms with Crippen LogP contribution < -0.4 is 11.1 Å². The molecule has 0 radical (unpaired) electrons. The van der Waals surface area contributed by atoms with Crippen LogP contribution in [0.15, 0.2) is 18.2 Å². The van der Waals surface area contributed by atoms with Crippen molar-refractivity contribution >= 4 is 34.8 Å². The van der Waals surface area contributed by atoms with Gasteiger partial charge in [0.15, 0.2) is 0 Å². The Balaban J connectivity index is 2.53. The summed E-state index contributed by atoms with van der Waals surface area (Å²) in [5.41, 5.74) is 6.70. The second-order valence-electron chi connectivity index (χ2n) is 5.91. The number of carbonyl (C=O) groups excluding carboxylic acids is 1. The Morgan fingerprint density at radius 2 is 1.95 bits per heavy atom. The molecule has 0 aliphatic heterocycles. The molecule has 0 aromatic heterocycles. The van der Waals surface area contributed by atoms with Crippen molar-refractivity contribution in [1.82, 2.24) is 0 Å². The minimum atomic E-state index is -0.150. The number of anilines is 1. The SMILES string of the molecule is CC(C)(C)CC(N)CC(=O)Nc1ccc(Cl)c(Cl)c1. The van der Waals surface area contributed by atoms with Gasteiger partial charge < -0.3 is 11.1 Å². The number of amides is 1. The minimum Gasteiger partial charge on any atom is -0.327 e. The molecule has 1 aromatic rings. The van der Waals surface area contributed by atoms with Gasteiger partial charge in [0.05, 0.1) is 10.0 Å². The molecular formula is C14H20Cl2N2O. The lowest BCUT2D eigenvalue weighted by molar-refractivity contribution is -0.116. The van der Waals surface area contributed by atoms with Crippen LogP contribution in [0.4, 0.5) is 5.69 Å². The van der Waals surface area contributed by atoms with E-state index in [0.717, 1.165) is 6.42 Å². The largest absolute Gasteiger partial charge is 0.327 e. The fourth-order valence-electron chi connectivity index (χ4n) is 1.88. The maximum atomic E-state index is 11.8. The highest BCUT2D eigenvalue weighted by Gasteiger charge is 2.18. The van der Waals surface area contributed by atoms with Crippen LogP contribution in [0.1, 0.15) is 33.6 Å². The first kappa shape index (κ1) is 16.3. The Labute approximate surface area is 124 Å². The second-order valence-corrected chi connectivity index (χ2v) is 6.72. The molecule has 0 heterocycles. The summed E-state index contributed by atoms with van der Waals surface area (Å²) in [7, 11) is 0. The fraction of sp³-hybridized carbons (Fsp3) is 0.500. The maximum Gasteiger partial charge on any atom is 0.225 e. The Kier molecular flexibility index (Phi) is 5.65. The van der Waals surface area contributed by atoms with E-state index in [9.17, 15) is 4.79 Å². The molecule has 3 nitrogen and oxygen atoms in total. The van der Waals surface area contributed by atoms with Crippen LogP contribution in [-0.4, -0.2) is 11.9 Å². The number of carbonyl (C=O) groups is 1. The van der Waals surface area contributed by atoms with Gasteiger partial charge in [-0.1, -0.05) is 44.0 Å². The second kappa shape index (κ2) is 6.60. The van der Waals surface area contributed by atoms with E-state index >= 15 is 0 Å². The standard InChI is InChI=1S/C14H20Cl2N2O/c1-14(2,3)8-9(17)6-13(19)18-10-4-5-11(15)12(16)7-10/h4-5,7,9H,6,8,17H2,1-3H3,(H,18,19). The molecule has 0 aliphatic carbocycles. The number of hydrogen-bond donors (Lipinski definition) is 2. The van der Waals surface area contributed by atoms with E-state index in [1.807, 2.05) is 0 Å². The average molecular weight is 303 g/mol. The molecular weight excluding hydrogens is 283 g/mol.